The zero-order valence-electron chi connectivity index (χ0n) is 15.3. The van der Waals surface area contributed by atoms with Crippen LogP contribution in [0.3, 0.4) is 0 Å². The number of aliphatic hydroxyl groups excluding tert-OH is 1. The van der Waals surface area contributed by atoms with E-state index in [-0.39, 0.29) is 18.0 Å². The molecule has 0 fully saturated rings. The third-order valence-corrected chi connectivity index (χ3v) is 3.86. The molecular formula is C18H20N4O6. The van der Waals surface area contributed by atoms with Crippen molar-refractivity contribution in [2.45, 2.75) is 19.6 Å². The second kappa shape index (κ2) is 9.44. The molecule has 0 aliphatic carbocycles. The molecule has 1 atom stereocenters. The van der Waals surface area contributed by atoms with Gasteiger partial charge in [0, 0.05) is 17.3 Å². The third kappa shape index (κ3) is 5.02. The standard InChI is InChI=1S/C18H20N4O6/c1-11(24)17(18(25)19-14-6-4-3-5-12(14)10-23)21-20-15-8-7-13(22(26)27)9-16(15)28-2/h3-9,17,20-21,23H,10H2,1-2H3,(H,19,25). The molecule has 4 N–H and O–H groups in total. The predicted octanol–water partition coefficient (Wildman–Crippen LogP) is 1.61. The first-order valence-corrected chi connectivity index (χ1v) is 8.21. The fraction of sp³-hybridized carbons (Fsp3) is 0.222. The number of para-hydroxylation sites is 1. The molecule has 2 rings (SSSR count). The monoisotopic (exact) mass is 388 g/mol. The van der Waals surface area contributed by atoms with Gasteiger partial charge in [-0.15, -0.1) is 0 Å². The van der Waals surface area contributed by atoms with Gasteiger partial charge in [-0.05, 0) is 19.1 Å². The van der Waals surface area contributed by atoms with E-state index < -0.39 is 22.7 Å². The fourth-order valence-corrected chi connectivity index (χ4v) is 2.38. The number of nitro groups is 1. The van der Waals surface area contributed by atoms with Crippen molar-refractivity contribution >= 4 is 28.8 Å². The van der Waals surface area contributed by atoms with Crippen LogP contribution in [0.15, 0.2) is 42.5 Å². The molecule has 2 aromatic carbocycles. The summed E-state index contributed by atoms with van der Waals surface area (Å²) >= 11 is 0. The Morgan fingerprint density at radius 2 is 1.93 bits per heavy atom. The van der Waals surface area contributed by atoms with E-state index in [1.807, 2.05) is 0 Å². The number of anilines is 2. The summed E-state index contributed by atoms with van der Waals surface area (Å²) in [4.78, 5) is 34.7. The van der Waals surface area contributed by atoms with Gasteiger partial charge in [-0.2, -0.15) is 0 Å². The lowest BCUT2D eigenvalue weighted by atomic mass is 10.1. The molecule has 0 spiro atoms. The minimum Gasteiger partial charge on any atom is -0.494 e. The number of hydrogen-bond acceptors (Lipinski definition) is 8. The molecule has 1 amide bonds. The van der Waals surface area contributed by atoms with E-state index in [0.29, 0.717) is 16.9 Å². The summed E-state index contributed by atoms with van der Waals surface area (Å²) in [6.07, 6.45) is 0. The average Bonchev–Trinajstić information content (AvgIpc) is 2.68. The SMILES string of the molecule is COc1cc([N+](=O)[O-])ccc1NNC(C(C)=O)C(=O)Nc1ccccc1CO. The predicted molar refractivity (Wildman–Crippen MR) is 102 cm³/mol. The molecule has 1 unspecified atom stereocenters. The van der Waals surface area contributed by atoms with E-state index in [9.17, 15) is 24.8 Å². The number of rotatable bonds is 9. The van der Waals surface area contributed by atoms with E-state index in [1.165, 1.54) is 32.2 Å². The Labute approximate surface area is 160 Å². The first-order chi connectivity index (χ1) is 13.4. The molecule has 148 valence electrons. The highest BCUT2D eigenvalue weighted by molar-refractivity contribution is 6.10. The summed E-state index contributed by atoms with van der Waals surface area (Å²) in [5.41, 5.74) is 6.30. The number of benzene rings is 2. The van der Waals surface area contributed by atoms with Crippen LogP contribution in [0.5, 0.6) is 5.75 Å². The quantitative estimate of drug-likeness (QED) is 0.288. The van der Waals surface area contributed by atoms with Crippen LogP contribution < -0.4 is 20.9 Å². The number of nitrogens with zero attached hydrogens (tertiary/aromatic N) is 1. The highest BCUT2D eigenvalue weighted by atomic mass is 16.6. The Morgan fingerprint density at radius 3 is 2.54 bits per heavy atom. The number of aliphatic hydroxyl groups is 1. The lowest BCUT2D eigenvalue weighted by molar-refractivity contribution is -0.384. The van der Waals surface area contributed by atoms with Gasteiger partial charge in [0.1, 0.15) is 5.75 Å². The van der Waals surface area contributed by atoms with Gasteiger partial charge < -0.3 is 20.6 Å². The van der Waals surface area contributed by atoms with Crippen LogP contribution in [0.4, 0.5) is 17.1 Å². The summed E-state index contributed by atoms with van der Waals surface area (Å²) in [6, 6.07) is 9.25. The van der Waals surface area contributed by atoms with Crippen molar-refractivity contribution in [3.05, 3.63) is 58.1 Å². The van der Waals surface area contributed by atoms with Crippen LogP contribution in [-0.4, -0.2) is 34.9 Å². The molecule has 10 nitrogen and oxygen atoms in total. The van der Waals surface area contributed by atoms with Crippen LogP contribution in [0.2, 0.25) is 0 Å². The summed E-state index contributed by atoms with van der Waals surface area (Å²) in [7, 11) is 1.34. The maximum Gasteiger partial charge on any atom is 0.273 e. The van der Waals surface area contributed by atoms with E-state index in [4.69, 9.17) is 4.74 Å². The Morgan fingerprint density at radius 1 is 1.21 bits per heavy atom. The van der Waals surface area contributed by atoms with Gasteiger partial charge in [-0.25, -0.2) is 5.43 Å². The van der Waals surface area contributed by atoms with Crippen molar-refractivity contribution in [3.8, 4) is 5.75 Å². The highest BCUT2D eigenvalue weighted by Crippen LogP contribution is 2.28. The Hall–Kier alpha value is -3.50. The lowest BCUT2D eigenvalue weighted by Gasteiger charge is -2.19. The largest absolute Gasteiger partial charge is 0.494 e. The van der Waals surface area contributed by atoms with E-state index >= 15 is 0 Å². The van der Waals surface area contributed by atoms with Crippen LogP contribution in [-0.2, 0) is 16.2 Å². The van der Waals surface area contributed by atoms with Crippen molar-refractivity contribution in [1.29, 1.82) is 0 Å². The molecule has 0 radical (unpaired) electrons. The van der Waals surface area contributed by atoms with Gasteiger partial charge in [0.05, 0.1) is 30.4 Å². The van der Waals surface area contributed by atoms with Crippen molar-refractivity contribution in [3.63, 3.8) is 0 Å². The maximum absolute atomic E-state index is 12.5. The van der Waals surface area contributed by atoms with Crippen LogP contribution in [0.1, 0.15) is 12.5 Å². The number of non-ortho nitro benzene ring substituents is 1. The molecular weight excluding hydrogens is 368 g/mol. The molecule has 2 aromatic rings. The molecule has 0 saturated carbocycles. The number of amides is 1. The minimum absolute atomic E-state index is 0.162. The van der Waals surface area contributed by atoms with E-state index in [0.717, 1.165) is 0 Å². The van der Waals surface area contributed by atoms with Gasteiger partial charge in [-0.3, -0.25) is 19.7 Å². The molecule has 0 aliphatic rings. The number of ether oxygens (including phenoxy) is 1. The molecule has 0 heterocycles. The number of nitro benzene ring substituents is 1. The number of nitrogens with one attached hydrogen (secondary N) is 3. The summed E-state index contributed by atoms with van der Waals surface area (Å²) in [6.45, 7) is 0.969. The number of hydrazine groups is 1. The number of methoxy groups -OCH3 is 1. The zero-order valence-corrected chi connectivity index (χ0v) is 15.3. The minimum atomic E-state index is -1.26. The number of hydrogen-bond donors (Lipinski definition) is 4. The average molecular weight is 388 g/mol. The van der Waals surface area contributed by atoms with Crippen molar-refractivity contribution in [1.82, 2.24) is 5.43 Å². The number of Topliss-reactive ketones (excluding diaryl/α,β-unsaturated/α-hetero) is 1. The Balaban J connectivity index is 2.14. The molecule has 0 bridgehead atoms. The highest BCUT2D eigenvalue weighted by Gasteiger charge is 2.24. The van der Waals surface area contributed by atoms with Crippen LogP contribution in [0.25, 0.3) is 0 Å². The first kappa shape index (κ1) is 20.8. The van der Waals surface area contributed by atoms with Gasteiger partial charge in [0.25, 0.3) is 11.6 Å². The van der Waals surface area contributed by atoms with Crippen molar-refractivity contribution in [2.24, 2.45) is 0 Å². The zero-order chi connectivity index (χ0) is 20.7. The lowest BCUT2D eigenvalue weighted by Crippen LogP contribution is -2.48. The molecule has 28 heavy (non-hydrogen) atoms. The van der Waals surface area contributed by atoms with Crippen LogP contribution in [0, 0.1) is 10.1 Å². The van der Waals surface area contributed by atoms with Crippen LogP contribution >= 0.6 is 0 Å². The number of carbonyl (C=O) groups excluding carboxylic acids is 2. The third-order valence-electron chi connectivity index (χ3n) is 3.86. The molecule has 0 aromatic heterocycles. The van der Waals surface area contributed by atoms with Gasteiger partial charge in [-0.1, -0.05) is 18.2 Å². The second-order valence-corrected chi connectivity index (χ2v) is 5.76. The smallest absolute Gasteiger partial charge is 0.273 e. The topological polar surface area (TPSA) is 143 Å². The number of ketones is 1. The second-order valence-electron chi connectivity index (χ2n) is 5.76. The van der Waals surface area contributed by atoms with E-state index in [2.05, 4.69) is 16.2 Å². The van der Waals surface area contributed by atoms with Gasteiger partial charge in [0.15, 0.2) is 11.8 Å². The number of carbonyl (C=O) groups is 2. The first-order valence-electron chi connectivity index (χ1n) is 8.21. The van der Waals surface area contributed by atoms with Gasteiger partial charge >= 0.3 is 0 Å². The van der Waals surface area contributed by atoms with Crippen molar-refractivity contribution in [2.75, 3.05) is 17.9 Å². The maximum atomic E-state index is 12.5. The molecule has 0 aliphatic heterocycles. The summed E-state index contributed by atoms with van der Waals surface area (Å²) < 4.78 is 5.10. The van der Waals surface area contributed by atoms with Gasteiger partial charge in [0.2, 0.25) is 0 Å². The Kier molecular flexibility index (Phi) is 7.02. The van der Waals surface area contributed by atoms with Crippen molar-refractivity contribution < 1.29 is 24.4 Å². The Bertz CT molecular complexity index is 886. The molecule has 10 heteroatoms. The summed E-state index contributed by atoms with van der Waals surface area (Å²) in [5, 5.41) is 22.8. The fourth-order valence-electron chi connectivity index (χ4n) is 2.38. The normalized spacial score (nSPS) is 11.4. The summed E-state index contributed by atoms with van der Waals surface area (Å²) in [5.74, 6) is -0.941. The molecule has 0 saturated heterocycles. The van der Waals surface area contributed by atoms with E-state index in [1.54, 1.807) is 24.3 Å².